The van der Waals surface area contributed by atoms with Gasteiger partial charge < -0.3 is 0 Å². The van der Waals surface area contributed by atoms with Crippen molar-refractivity contribution in [3.63, 3.8) is 0 Å². The molecule has 0 unspecified atom stereocenters. The number of benzene rings is 4. The molecule has 0 atom stereocenters. The summed E-state index contributed by atoms with van der Waals surface area (Å²) < 4.78 is 54.9. The Bertz CT molecular complexity index is 1720. The molecule has 0 heterocycles. The van der Waals surface area contributed by atoms with Gasteiger partial charge in [0.05, 0.1) is 19.6 Å². The number of rotatable bonds is 4. The molecule has 0 fully saturated rings. The van der Waals surface area contributed by atoms with Crippen molar-refractivity contribution in [2.45, 2.75) is 9.79 Å². The van der Waals surface area contributed by atoms with E-state index in [0.29, 0.717) is 20.9 Å². The van der Waals surface area contributed by atoms with Gasteiger partial charge >= 0.3 is 0 Å². The summed E-state index contributed by atoms with van der Waals surface area (Å²) in [6, 6.07) is 30.4. The van der Waals surface area contributed by atoms with Crippen molar-refractivity contribution >= 4 is 41.6 Å². The smallest absolute Gasteiger partial charge is 0.207 e. The van der Waals surface area contributed by atoms with Gasteiger partial charge in [-0.25, -0.2) is 16.8 Å². The van der Waals surface area contributed by atoms with Gasteiger partial charge in [0.2, 0.25) is 19.7 Å². The Morgan fingerprint density at radius 1 is 0.382 bits per heavy atom. The van der Waals surface area contributed by atoms with Crippen LogP contribution < -0.4 is 20.9 Å². The van der Waals surface area contributed by atoms with Crippen LogP contribution in [-0.4, -0.2) is 16.8 Å². The Morgan fingerprint density at radius 3 is 1.09 bits per heavy atom. The number of fused-ring (bicyclic) bond motifs is 2. The highest BCUT2D eigenvalue weighted by molar-refractivity contribution is 8.01. The summed E-state index contributed by atoms with van der Waals surface area (Å²) in [7, 11) is -7.76. The molecule has 0 spiro atoms. The van der Waals surface area contributed by atoms with Crippen molar-refractivity contribution in [2.24, 2.45) is 0 Å². The van der Waals surface area contributed by atoms with Gasteiger partial charge in [0.25, 0.3) is 0 Å². The zero-order valence-corrected chi connectivity index (χ0v) is 19.6. The molecule has 1 aliphatic carbocycles. The average molecular weight is 485 g/mol. The summed E-state index contributed by atoms with van der Waals surface area (Å²) in [5.74, 6) is 0. The second-order valence-electron chi connectivity index (χ2n) is 7.82. The Labute approximate surface area is 198 Å². The first-order chi connectivity index (χ1) is 16.4. The standard InChI is InChI=1S/C28H20O4S2/c29-33(30,23-13-3-1-4-14-23)27-19-21-11-8-10-18-26(21)28(20-22-12-7-9-17-25(22)27)34(31,32)24-15-5-2-6-16-24/h1-20H/b21-19-,22-20-,27-19?,27-25+,28-20?,28-26+. The van der Waals surface area contributed by atoms with Crippen molar-refractivity contribution in [2.75, 3.05) is 0 Å². The van der Waals surface area contributed by atoms with Gasteiger partial charge in [0.1, 0.15) is 0 Å². The summed E-state index contributed by atoms with van der Waals surface area (Å²) in [6.07, 6.45) is 3.15. The molecule has 0 N–H and O–H groups in total. The molecule has 4 aromatic rings. The Balaban J connectivity index is 1.96. The summed E-state index contributed by atoms with van der Waals surface area (Å²) in [6.45, 7) is 0. The minimum absolute atomic E-state index is 0.120. The van der Waals surface area contributed by atoms with Gasteiger partial charge in [-0.05, 0) is 46.9 Å². The van der Waals surface area contributed by atoms with Crippen LogP contribution in [0.15, 0.2) is 119 Å². The van der Waals surface area contributed by atoms with Gasteiger partial charge in [-0.3, -0.25) is 0 Å². The van der Waals surface area contributed by atoms with Crippen molar-refractivity contribution in [1.82, 2.24) is 0 Å². The van der Waals surface area contributed by atoms with Crippen molar-refractivity contribution in [3.8, 4) is 0 Å². The van der Waals surface area contributed by atoms with E-state index in [4.69, 9.17) is 0 Å². The lowest BCUT2D eigenvalue weighted by atomic mass is 10.1. The maximum absolute atomic E-state index is 13.7. The summed E-state index contributed by atoms with van der Waals surface area (Å²) in [5, 5.41) is 1.91. The molecule has 34 heavy (non-hydrogen) atoms. The highest BCUT2D eigenvalue weighted by Gasteiger charge is 2.23. The van der Waals surface area contributed by atoms with Crippen molar-refractivity contribution in [1.29, 1.82) is 0 Å². The summed E-state index contributed by atoms with van der Waals surface area (Å²) in [5.41, 5.74) is 0. The average Bonchev–Trinajstić information content (AvgIpc) is 2.86. The van der Waals surface area contributed by atoms with Crippen LogP contribution in [0.3, 0.4) is 0 Å². The summed E-state index contributed by atoms with van der Waals surface area (Å²) >= 11 is 0. The fraction of sp³-hybridized carbons (Fsp3) is 0. The lowest BCUT2D eigenvalue weighted by Crippen LogP contribution is -2.36. The largest absolute Gasteiger partial charge is 0.218 e. The van der Waals surface area contributed by atoms with Crippen LogP contribution in [0, 0.1) is 0 Å². The molecular weight excluding hydrogens is 464 g/mol. The van der Waals surface area contributed by atoms with E-state index < -0.39 is 19.7 Å². The first kappa shape index (κ1) is 22.1. The first-order valence-corrected chi connectivity index (χ1v) is 13.6. The second kappa shape index (κ2) is 8.56. The third-order valence-electron chi connectivity index (χ3n) is 5.71. The Hall–Kier alpha value is -3.74. The number of hydrogen-bond donors (Lipinski definition) is 0. The molecule has 168 valence electrons. The zero-order valence-electron chi connectivity index (χ0n) is 18.0. The molecule has 0 saturated carbocycles. The maximum Gasteiger partial charge on any atom is 0.207 e. The topological polar surface area (TPSA) is 68.3 Å². The van der Waals surface area contributed by atoms with Crippen LogP contribution >= 0.6 is 0 Å². The number of hydrogen-bond acceptors (Lipinski definition) is 4. The third-order valence-corrected chi connectivity index (χ3v) is 9.33. The lowest BCUT2D eigenvalue weighted by Gasteiger charge is -2.11. The molecule has 0 amide bonds. The molecular formula is C28H20O4S2. The van der Waals surface area contributed by atoms with Crippen LogP contribution in [0.1, 0.15) is 0 Å². The third kappa shape index (κ3) is 3.81. The van der Waals surface area contributed by atoms with Gasteiger partial charge in [0, 0.05) is 10.4 Å². The van der Waals surface area contributed by atoms with E-state index in [-0.39, 0.29) is 19.6 Å². The zero-order chi connectivity index (χ0) is 23.8. The predicted octanol–water partition coefficient (Wildman–Crippen LogP) is 2.13. The first-order valence-electron chi connectivity index (χ1n) is 10.6. The predicted molar refractivity (Wildman–Crippen MR) is 134 cm³/mol. The normalized spacial score (nSPS) is 18.7. The minimum Gasteiger partial charge on any atom is -0.218 e. The Morgan fingerprint density at radius 2 is 0.706 bits per heavy atom. The minimum atomic E-state index is -3.88. The van der Waals surface area contributed by atoms with E-state index in [2.05, 4.69) is 0 Å². The van der Waals surface area contributed by atoms with Crippen LogP contribution in [0.2, 0.25) is 0 Å². The fourth-order valence-electron chi connectivity index (χ4n) is 4.03. The van der Waals surface area contributed by atoms with Gasteiger partial charge in [-0.1, -0.05) is 84.9 Å². The van der Waals surface area contributed by atoms with Crippen LogP contribution in [-0.2, 0) is 19.7 Å². The highest BCUT2D eigenvalue weighted by Crippen LogP contribution is 2.22. The quantitative estimate of drug-likeness (QED) is 0.445. The molecule has 0 bridgehead atoms. The molecule has 0 aromatic heterocycles. The second-order valence-corrected chi connectivity index (χ2v) is 11.7. The maximum atomic E-state index is 13.7. The van der Waals surface area contributed by atoms with Gasteiger partial charge in [-0.15, -0.1) is 0 Å². The van der Waals surface area contributed by atoms with Crippen LogP contribution in [0.5, 0.6) is 0 Å². The summed E-state index contributed by atoms with van der Waals surface area (Å²) in [4.78, 5) is 0.591. The fourth-order valence-corrected chi connectivity index (χ4v) is 7.08. The van der Waals surface area contributed by atoms with Crippen LogP contribution in [0.4, 0.5) is 0 Å². The molecule has 6 heteroatoms. The molecule has 0 aliphatic heterocycles. The molecule has 0 saturated heterocycles. The van der Waals surface area contributed by atoms with E-state index in [1.54, 1.807) is 121 Å². The SMILES string of the molecule is O=S(=O)(C1=c2\cccc\c2=C\C(S(=O)(=O)c2ccccc2)=c2\cccc\c2=C\1)c1ccccc1. The van der Waals surface area contributed by atoms with Crippen LogP contribution in [0.25, 0.3) is 22.0 Å². The molecule has 1 aliphatic rings. The van der Waals surface area contributed by atoms with Gasteiger partial charge in [-0.2, -0.15) is 0 Å². The molecule has 4 aromatic carbocycles. The lowest BCUT2D eigenvalue weighted by molar-refractivity contribution is 0.604. The molecule has 5 rings (SSSR count). The van der Waals surface area contributed by atoms with Gasteiger partial charge in [0.15, 0.2) is 0 Å². The van der Waals surface area contributed by atoms with E-state index in [1.807, 2.05) is 0 Å². The van der Waals surface area contributed by atoms with Crippen molar-refractivity contribution in [3.05, 3.63) is 130 Å². The Kier molecular flexibility index (Phi) is 5.55. The van der Waals surface area contributed by atoms with E-state index in [9.17, 15) is 16.8 Å². The molecule has 0 radical (unpaired) electrons. The van der Waals surface area contributed by atoms with E-state index in [1.165, 1.54) is 0 Å². The van der Waals surface area contributed by atoms with E-state index >= 15 is 0 Å². The highest BCUT2D eigenvalue weighted by atomic mass is 32.2. The molecule has 4 nitrogen and oxygen atoms in total. The van der Waals surface area contributed by atoms with Crippen molar-refractivity contribution < 1.29 is 16.8 Å². The number of sulfone groups is 2. The van der Waals surface area contributed by atoms with E-state index in [0.717, 1.165) is 0 Å². The monoisotopic (exact) mass is 484 g/mol.